The van der Waals surface area contributed by atoms with E-state index in [4.69, 9.17) is 4.74 Å². The Balaban J connectivity index is 1.74. The van der Waals surface area contributed by atoms with Gasteiger partial charge >= 0.3 is 0 Å². The summed E-state index contributed by atoms with van der Waals surface area (Å²) in [4.78, 5) is 17.1. The number of aliphatic hydroxyl groups excluding tert-OH is 1. The van der Waals surface area contributed by atoms with Gasteiger partial charge in [0.25, 0.3) is 5.91 Å². The summed E-state index contributed by atoms with van der Waals surface area (Å²) < 4.78 is 5.42. The quantitative estimate of drug-likeness (QED) is 0.295. The van der Waals surface area contributed by atoms with Gasteiger partial charge < -0.3 is 20.5 Å². The maximum atomic E-state index is 12.8. The van der Waals surface area contributed by atoms with Crippen LogP contribution in [-0.2, 0) is 9.53 Å². The fourth-order valence-electron chi connectivity index (χ4n) is 4.32. The average Bonchev–Trinajstić information content (AvgIpc) is 3.40. The van der Waals surface area contributed by atoms with Gasteiger partial charge in [0.15, 0.2) is 0 Å². The summed E-state index contributed by atoms with van der Waals surface area (Å²) in [5.74, 6) is -0.429. The highest BCUT2D eigenvalue weighted by molar-refractivity contribution is 7.16. The van der Waals surface area contributed by atoms with Crippen molar-refractivity contribution >= 4 is 35.5 Å². The van der Waals surface area contributed by atoms with Crippen molar-refractivity contribution in [2.45, 2.75) is 39.7 Å². The summed E-state index contributed by atoms with van der Waals surface area (Å²) in [7, 11) is 0. The predicted molar refractivity (Wildman–Crippen MR) is 160 cm³/mol. The third-order valence-electron chi connectivity index (χ3n) is 6.79. The first-order chi connectivity index (χ1) is 18.7. The molecule has 0 atom stereocenters. The van der Waals surface area contributed by atoms with Crippen molar-refractivity contribution in [3.63, 3.8) is 0 Å². The lowest BCUT2D eigenvalue weighted by Crippen LogP contribution is -2.44. The zero-order valence-corrected chi connectivity index (χ0v) is 24.3. The first kappa shape index (κ1) is 30.3. The largest absolute Gasteiger partial charge is 0.396 e. The number of nitriles is 1. The first-order valence-electron chi connectivity index (χ1n) is 13.3. The SMILES string of the molecule is C=c1cc(-c2ccc(/C(C)=C(\C#N)C(=O)NC(C)(C)CCO)s2)cc/c1=C/C(=CC)NCCN1CCOCC1. The monoisotopic (exact) mass is 548 g/mol. The van der Waals surface area contributed by atoms with E-state index < -0.39 is 11.4 Å². The van der Waals surface area contributed by atoms with Crippen LogP contribution in [0.2, 0.25) is 0 Å². The van der Waals surface area contributed by atoms with Crippen molar-refractivity contribution in [1.29, 1.82) is 5.26 Å². The number of allylic oxidation sites excluding steroid dienone is 3. The highest BCUT2D eigenvalue weighted by Crippen LogP contribution is 2.32. The van der Waals surface area contributed by atoms with Crippen LogP contribution < -0.4 is 21.1 Å². The van der Waals surface area contributed by atoms with Crippen LogP contribution in [0.5, 0.6) is 0 Å². The highest BCUT2D eigenvalue weighted by Gasteiger charge is 2.23. The molecule has 1 aliphatic rings. The van der Waals surface area contributed by atoms with Crippen molar-refractivity contribution in [3.05, 3.63) is 63.0 Å². The van der Waals surface area contributed by atoms with E-state index in [2.05, 4.69) is 58.5 Å². The molecule has 3 rings (SSSR count). The summed E-state index contributed by atoms with van der Waals surface area (Å²) in [6.07, 6.45) is 4.59. The fourth-order valence-corrected chi connectivity index (χ4v) is 5.33. The second-order valence-corrected chi connectivity index (χ2v) is 11.4. The van der Waals surface area contributed by atoms with Gasteiger partial charge in [0.05, 0.1) is 13.2 Å². The molecule has 0 unspecified atom stereocenters. The second kappa shape index (κ2) is 14.2. The number of hydrogen-bond acceptors (Lipinski definition) is 7. The number of carbonyl (C=O) groups excluding carboxylic acids is 1. The van der Waals surface area contributed by atoms with Gasteiger partial charge in [-0.1, -0.05) is 24.8 Å². The normalized spacial score (nSPS) is 16.0. The van der Waals surface area contributed by atoms with Crippen LogP contribution in [0, 0.1) is 11.3 Å². The molecular formula is C31H40N4O3S. The van der Waals surface area contributed by atoms with Crippen molar-refractivity contribution in [3.8, 4) is 16.5 Å². The minimum atomic E-state index is -0.608. The first-order valence-corrected chi connectivity index (χ1v) is 14.1. The molecule has 0 saturated carbocycles. The summed E-state index contributed by atoms with van der Waals surface area (Å²) in [6.45, 7) is 17.1. The van der Waals surface area contributed by atoms with E-state index in [1.807, 2.05) is 32.9 Å². The molecule has 1 aromatic carbocycles. The molecule has 8 heteroatoms. The number of thiophene rings is 1. The number of amides is 1. The van der Waals surface area contributed by atoms with Crippen LogP contribution in [0.3, 0.4) is 0 Å². The van der Waals surface area contributed by atoms with Gasteiger partial charge in [-0.25, -0.2) is 0 Å². The predicted octanol–water partition coefficient (Wildman–Crippen LogP) is 3.01. The molecule has 1 amide bonds. The van der Waals surface area contributed by atoms with Gasteiger partial charge in [0.2, 0.25) is 0 Å². The number of morpholine rings is 1. The van der Waals surface area contributed by atoms with E-state index in [-0.39, 0.29) is 12.2 Å². The number of nitrogens with zero attached hydrogens (tertiary/aromatic N) is 2. The van der Waals surface area contributed by atoms with Crippen LogP contribution in [-0.4, -0.2) is 67.5 Å². The number of ether oxygens (including phenoxy) is 1. The molecule has 7 nitrogen and oxygen atoms in total. The van der Waals surface area contributed by atoms with E-state index in [9.17, 15) is 15.2 Å². The summed E-state index contributed by atoms with van der Waals surface area (Å²) >= 11 is 1.54. The third kappa shape index (κ3) is 8.64. The second-order valence-electron chi connectivity index (χ2n) is 10.3. The Kier molecular flexibility index (Phi) is 11.1. The van der Waals surface area contributed by atoms with Gasteiger partial charge in [0.1, 0.15) is 11.6 Å². The molecule has 0 spiro atoms. The van der Waals surface area contributed by atoms with Crippen molar-refractivity contribution in [2.75, 3.05) is 46.0 Å². The number of nitrogens with one attached hydrogen (secondary N) is 2. The molecule has 0 aliphatic carbocycles. The van der Waals surface area contributed by atoms with E-state index >= 15 is 0 Å². The van der Waals surface area contributed by atoms with E-state index in [0.29, 0.717) is 12.0 Å². The lowest BCUT2D eigenvalue weighted by Gasteiger charge is -2.26. The molecule has 1 aliphatic heterocycles. The summed E-state index contributed by atoms with van der Waals surface area (Å²) in [5.41, 5.74) is 2.20. The fraction of sp³-hybridized carbons (Fsp3) is 0.419. The molecule has 2 heterocycles. The van der Waals surface area contributed by atoms with Crippen LogP contribution in [0.1, 0.15) is 39.0 Å². The van der Waals surface area contributed by atoms with E-state index in [0.717, 1.165) is 70.8 Å². The molecule has 39 heavy (non-hydrogen) atoms. The summed E-state index contributed by atoms with van der Waals surface area (Å²) in [5, 5.41) is 27.3. The highest BCUT2D eigenvalue weighted by atomic mass is 32.1. The van der Waals surface area contributed by atoms with Crippen LogP contribution >= 0.6 is 11.3 Å². The van der Waals surface area contributed by atoms with Gasteiger partial charge in [0, 0.05) is 53.8 Å². The maximum absolute atomic E-state index is 12.8. The smallest absolute Gasteiger partial charge is 0.262 e. The molecule has 1 saturated heterocycles. The Bertz CT molecular complexity index is 1360. The molecule has 1 fully saturated rings. The van der Waals surface area contributed by atoms with Gasteiger partial charge in [-0.05, 0) is 80.0 Å². The Morgan fingerprint density at radius 1 is 1.28 bits per heavy atom. The Morgan fingerprint density at radius 2 is 2.03 bits per heavy atom. The van der Waals surface area contributed by atoms with Crippen molar-refractivity contribution in [2.24, 2.45) is 0 Å². The molecular weight excluding hydrogens is 508 g/mol. The standard InChI is InChI=1S/C31H40N4O3S/c1-6-26(33-12-13-35-14-17-38-18-15-35)20-24-7-8-25(19-22(24)2)29-10-9-28(39-29)23(3)27(21-32)30(37)34-31(4,5)11-16-36/h6-10,19-20,33,36H,2,11-18H2,1,3-5H3,(H,34,37)/b24-20-,26-6?,27-23+. The third-order valence-corrected chi connectivity index (χ3v) is 8.04. The molecule has 2 aromatic rings. The average molecular weight is 549 g/mol. The number of rotatable bonds is 11. The minimum absolute atomic E-state index is 0.0432. The molecule has 0 bridgehead atoms. The lowest BCUT2D eigenvalue weighted by molar-refractivity contribution is -0.118. The molecule has 3 N–H and O–H groups in total. The zero-order chi connectivity index (χ0) is 28.4. The maximum Gasteiger partial charge on any atom is 0.262 e. The Hall–Kier alpha value is -3.22. The van der Waals surface area contributed by atoms with Crippen LogP contribution in [0.15, 0.2) is 47.7 Å². The van der Waals surface area contributed by atoms with Crippen LogP contribution in [0.25, 0.3) is 28.7 Å². The van der Waals surface area contributed by atoms with Gasteiger partial charge in [-0.15, -0.1) is 11.3 Å². The van der Waals surface area contributed by atoms with E-state index in [1.54, 1.807) is 6.92 Å². The number of aliphatic hydroxyl groups is 1. The molecule has 1 aromatic heterocycles. The molecule has 208 valence electrons. The minimum Gasteiger partial charge on any atom is -0.396 e. The topological polar surface area (TPSA) is 97.6 Å². The number of carbonyl (C=O) groups is 1. The Morgan fingerprint density at radius 3 is 2.67 bits per heavy atom. The van der Waals surface area contributed by atoms with E-state index in [1.165, 1.54) is 11.3 Å². The van der Waals surface area contributed by atoms with Gasteiger partial charge in [-0.2, -0.15) is 5.26 Å². The Labute approximate surface area is 235 Å². The van der Waals surface area contributed by atoms with Crippen molar-refractivity contribution < 1.29 is 14.6 Å². The summed E-state index contributed by atoms with van der Waals surface area (Å²) in [6, 6.07) is 12.2. The number of benzene rings is 1. The molecule has 0 radical (unpaired) electrons. The van der Waals surface area contributed by atoms with Gasteiger partial charge in [-0.3, -0.25) is 9.69 Å². The lowest BCUT2D eigenvalue weighted by atomic mass is 9.99. The zero-order valence-electron chi connectivity index (χ0n) is 23.5. The van der Waals surface area contributed by atoms with Crippen LogP contribution in [0.4, 0.5) is 0 Å². The van der Waals surface area contributed by atoms with Crippen molar-refractivity contribution in [1.82, 2.24) is 15.5 Å². The number of hydrogen-bond donors (Lipinski definition) is 3.